The molecular weight excluding hydrogens is 360 g/mol. The molecule has 0 saturated heterocycles. The first kappa shape index (κ1) is 20.7. The van der Waals surface area contributed by atoms with Crippen molar-refractivity contribution < 1.29 is 23.9 Å². The largest absolute Gasteiger partial charge is 0.483 e. The molecule has 0 atom stereocenters. The minimum atomic E-state index is -0.623. The maximum atomic E-state index is 12.1. The van der Waals surface area contributed by atoms with Crippen molar-refractivity contribution >= 4 is 29.5 Å². The molecule has 0 aliphatic rings. The van der Waals surface area contributed by atoms with Gasteiger partial charge in [0.2, 0.25) is 0 Å². The summed E-state index contributed by atoms with van der Waals surface area (Å²) in [4.78, 5) is 34.8. The van der Waals surface area contributed by atoms with Gasteiger partial charge in [-0.25, -0.2) is 4.79 Å². The molecule has 0 saturated carbocycles. The molecular formula is C21H22N2O5. The number of amides is 2. The number of hydrogen-bond donors (Lipinski definition) is 2. The lowest BCUT2D eigenvalue weighted by molar-refractivity contribution is -0.137. The topological polar surface area (TPSA) is 108 Å². The fourth-order valence-corrected chi connectivity index (χ4v) is 2.33. The number of carbonyl (C=O) groups excluding carboxylic acids is 3. The fourth-order valence-electron chi connectivity index (χ4n) is 2.33. The van der Waals surface area contributed by atoms with Crippen molar-refractivity contribution in [2.45, 2.75) is 13.8 Å². The van der Waals surface area contributed by atoms with E-state index in [1.54, 1.807) is 55.5 Å². The molecule has 0 aliphatic heterocycles. The van der Waals surface area contributed by atoms with E-state index < -0.39 is 11.9 Å². The van der Waals surface area contributed by atoms with E-state index in [1.807, 2.05) is 6.92 Å². The van der Waals surface area contributed by atoms with Crippen LogP contribution in [0.2, 0.25) is 0 Å². The molecule has 0 aliphatic carbocycles. The van der Waals surface area contributed by atoms with Gasteiger partial charge in [-0.1, -0.05) is 18.2 Å². The van der Waals surface area contributed by atoms with E-state index in [2.05, 4.69) is 5.32 Å². The van der Waals surface area contributed by atoms with Gasteiger partial charge in [0.25, 0.3) is 11.8 Å². The van der Waals surface area contributed by atoms with Gasteiger partial charge in [-0.15, -0.1) is 0 Å². The second kappa shape index (κ2) is 9.91. The average Bonchev–Trinajstić information content (AvgIpc) is 2.66. The zero-order valence-electron chi connectivity index (χ0n) is 15.7. The summed E-state index contributed by atoms with van der Waals surface area (Å²) in [6, 6.07) is 11.8. The van der Waals surface area contributed by atoms with Crippen LogP contribution in [0.3, 0.4) is 0 Å². The summed E-state index contributed by atoms with van der Waals surface area (Å²) < 4.78 is 10.3. The number of esters is 1. The van der Waals surface area contributed by atoms with Gasteiger partial charge in [0.05, 0.1) is 12.2 Å². The molecule has 2 aromatic carbocycles. The number of nitrogens with one attached hydrogen (secondary N) is 1. The first-order chi connectivity index (χ1) is 13.4. The standard InChI is InChI=1S/C21H22N2O5/c1-3-27-20(25)11-7-15-5-8-16(9-6-15)23-19(24)13-28-18-12-14(2)4-10-17(18)21(22)26/h4-12H,3,13H2,1-2H3,(H2,22,26)(H,23,24)/b11-7+. The summed E-state index contributed by atoms with van der Waals surface area (Å²) in [6.07, 6.45) is 2.96. The Morgan fingerprint density at radius 2 is 1.82 bits per heavy atom. The van der Waals surface area contributed by atoms with Crippen LogP contribution in [0.1, 0.15) is 28.4 Å². The first-order valence-corrected chi connectivity index (χ1v) is 8.67. The maximum Gasteiger partial charge on any atom is 0.330 e. The molecule has 0 spiro atoms. The summed E-state index contributed by atoms with van der Waals surface area (Å²) >= 11 is 0. The number of anilines is 1. The van der Waals surface area contributed by atoms with E-state index in [9.17, 15) is 14.4 Å². The minimum absolute atomic E-state index is 0.219. The Morgan fingerprint density at radius 1 is 1.11 bits per heavy atom. The average molecular weight is 382 g/mol. The summed E-state index contributed by atoms with van der Waals surface area (Å²) in [5.41, 5.74) is 7.77. The van der Waals surface area contributed by atoms with Gasteiger partial charge in [-0.3, -0.25) is 9.59 Å². The van der Waals surface area contributed by atoms with E-state index in [1.165, 1.54) is 6.08 Å². The van der Waals surface area contributed by atoms with Gasteiger partial charge in [-0.2, -0.15) is 0 Å². The normalized spacial score (nSPS) is 10.5. The van der Waals surface area contributed by atoms with Crippen LogP contribution in [-0.4, -0.2) is 31.0 Å². The number of rotatable bonds is 8. The van der Waals surface area contributed by atoms with Crippen molar-refractivity contribution in [2.24, 2.45) is 5.73 Å². The second-order valence-corrected chi connectivity index (χ2v) is 5.91. The Kier molecular flexibility index (Phi) is 7.33. The number of ether oxygens (including phenoxy) is 2. The first-order valence-electron chi connectivity index (χ1n) is 8.67. The number of hydrogen-bond acceptors (Lipinski definition) is 5. The summed E-state index contributed by atoms with van der Waals surface area (Å²) in [5, 5.41) is 2.69. The van der Waals surface area contributed by atoms with Crippen LogP contribution in [0, 0.1) is 6.92 Å². The van der Waals surface area contributed by atoms with Crippen LogP contribution in [-0.2, 0) is 14.3 Å². The summed E-state index contributed by atoms with van der Waals surface area (Å²) in [6.45, 7) is 3.63. The predicted octanol–water partition coefficient (Wildman–Crippen LogP) is 2.69. The van der Waals surface area contributed by atoms with Crippen molar-refractivity contribution in [3.05, 3.63) is 65.2 Å². The van der Waals surface area contributed by atoms with Gasteiger partial charge in [0, 0.05) is 11.8 Å². The lowest BCUT2D eigenvalue weighted by atomic mass is 10.1. The molecule has 2 amide bonds. The molecule has 0 heterocycles. The van der Waals surface area contributed by atoms with Crippen molar-refractivity contribution in [1.82, 2.24) is 0 Å². The smallest absolute Gasteiger partial charge is 0.330 e. The molecule has 7 nitrogen and oxygen atoms in total. The highest BCUT2D eigenvalue weighted by Crippen LogP contribution is 2.20. The Balaban J connectivity index is 1.92. The molecule has 2 rings (SSSR count). The third kappa shape index (κ3) is 6.28. The molecule has 146 valence electrons. The molecule has 0 bridgehead atoms. The van der Waals surface area contributed by atoms with E-state index in [0.717, 1.165) is 11.1 Å². The fraction of sp³-hybridized carbons (Fsp3) is 0.190. The molecule has 0 radical (unpaired) electrons. The zero-order valence-corrected chi connectivity index (χ0v) is 15.7. The number of nitrogens with two attached hydrogens (primary N) is 1. The van der Waals surface area contributed by atoms with Crippen LogP contribution in [0.4, 0.5) is 5.69 Å². The summed E-state index contributed by atoms with van der Waals surface area (Å²) in [7, 11) is 0. The number of carbonyl (C=O) groups is 3. The zero-order chi connectivity index (χ0) is 20.5. The van der Waals surface area contributed by atoms with E-state index in [-0.39, 0.29) is 23.8 Å². The van der Waals surface area contributed by atoms with Gasteiger partial charge in [-0.05, 0) is 55.3 Å². The van der Waals surface area contributed by atoms with Gasteiger partial charge in [0.1, 0.15) is 5.75 Å². The SMILES string of the molecule is CCOC(=O)/C=C/c1ccc(NC(=O)COc2cc(C)ccc2C(N)=O)cc1. The quantitative estimate of drug-likeness (QED) is 0.539. The highest BCUT2D eigenvalue weighted by atomic mass is 16.5. The molecule has 7 heteroatoms. The van der Waals surface area contributed by atoms with Gasteiger partial charge in [0.15, 0.2) is 6.61 Å². The monoisotopic (exact) mass is 382 g/mol. The van der Waals surface area contributed by atoms with Crippen molar-refractivity contribution in [1.29, 1.82) is 0 Å². The van der Waals surface area contributed by atoms with Crippen LogP contribution >= 0.6 is 0 Å². The Hall–Kier alpha value is -3.61. The van der Waals surface area contributed by atoms with E-state index in [0.29, 0.717) is 12.3 Å². The second-order valence-electron chi connectivity index (χ2n) is 5.91. The van der Waals surface area contributed by atoms with Crippen LogP contribution in [0.5, 0.6) is 5.75 Å². The molecule has 0 aromatic heterocycles. The van der Waals surface area contributed by atoms with Crippen molar-refractivity contribution in [3.8, 4) is 5.75 Å². The van der Waals surface area contributed by atoms with E-state index in [4.69, 9.17) is 15.2 Å². The lowest BCUT2D eigenvalue weighted by Gasteiger charge is -2.11. The van der Waals surface area contributed by atoms with Crippen molar-refractivity contribution in [3.63, 3.8) is 0 Å². The number of benzene rings is 2. The number of aryl methyl sites for hydroxylation is 1. The molecule has 2 aromatic rings. The predicted molar refractivity (Wildman–Crippen MR) is 106 cm³/mol. The number of primary amides is 1. The highest BCUT2D eigenvalue weighted by molar-refractivity contribution is 5.96. The Labute approximate surface area is 163 Å². The third-order valence-electron chi connectivity index (χ3n) is 3.65. The maximum absolute atomic E-state index is 12.1. The third-order valence-corrected chi connectivity index (χ3v) is 3.65. The molecule has 3 N–H and O–H groups in total. The van der Waals surface area contributed by atoms with Crippen molar-refractivity contribution in [2.75, 3.05) is 18.5 Å². The Bertz CT molecular complexity index is 888. The minimum Gasteiger partial charge on any atom is -0.483 e. The van der Waals surface area contributed by atoms with Crippen LogP contribution in [0.15, 0.2) is 48.5 Å². The summed E-state index contributed by atoms with van der Waals surface area (Å²) in [5.74, 6) is -1.15. The lowest BCUT2D eigenvalue weighted by Crippen LogP contribution is -2.21. The molecule has 28 heavy (non-hydrogen) atoms. The highest BCUT2D eigenvalue weighted by Gasteiger charge is 2.11. The molecule has 0 fully saturated rings. The van der Waals surface area contributed by atoms with E-state index >= 15 is 0 Å². The van der Waals surface area contributed by atoms with Crippen LogP contribution < -0.4 is 15.8 Å². The van der Waals surface area contributed by atoms with Gasteiger partial charge >= 0.3 is 5.97 Å². The van der Waals surface area contributed by atoms with Gasteiger partial charge < -0.3 is 20.5 Å². The van der Waals surface area contributed by atoms with Crippen LogP contribution in [0.25, 0.3) is 6.08 Å². The molecule has 0 unspecified atom stereocenters. The Morgan fingerprint density at radius 3 is 2.46 bits per heavy atom.